The molecule has 0 atom stereocenters. The molecule has 1 saturated heterocycles. The third-order valence-electron chi connectivity index (χ3n) is 5.65. The van der Waals surface area contributed by atoms with Gasteiger partial charge in [0.2, 0.25) is 0 Å². The predicted octanol–water partition coefficient (Wildman–Crippen LogP) is 3.65. The Morgan fingerprint density at radius 1 is 1.12 bits per heavy atom. The molecule has 3 heterocycles. The van der Waals surface area contributed by atoms with Crippen LogP contribution in [0.5, 0.6) is 0 Å². The van der Waals surface area contributed by atoms with Gasteiger partial charge >= 0.3 is 0 Å². The number of β-amino-alcohol motifs (C(OH)–C–C–N with tert-alkyl or cyclic N) is 1. The Hall–Kier alpha value is -1.11. The number of aliphatic hydroxyl groups is 1. The standard InChI is InChI=1S/C19H28N4OS/c1-12-20-14(9-23-10-19(4,24)11-23)15-17(21-12)25-16(22-15)13-5-7-18(2,3)8-6-13/h13,24H,5-11H2,1-4H3. The van der Waals surface area contributed by atoms with Crippen molar-refractivity contribution in [1.29, 1.82) is 0 Å². The van der Waals surface area contributed by atoms with Gasteiger partial charge in [0.15, 0.2) is 0 Å². The van der Waals surface area contributed by atoms with Crippen LogP contribution < -0.4 is 0 Å². The van der Waals surface area contributed by atoms with Crippen LogP contribution in [-0.2, 0) is 6.54 Å². The van der Waals surface area contributed by atoms with Crippen molar-refractivity contribution in [1.82, 2.24) is 19.9 Å². The number of hydrogen-bond acceptors (Lipinski definition) is 6. The van der Waals surface area contributed by atoms with Gasteiger partial charge in [0.25, 0.3) is 0 Å². The van der Waals surface area contributed by atoms with Crippen molar-refractivity contribution in [3.63, 3.8) is 0 Å². The number of aryl methyl sites for hydroxylation is 1. The first kappa shape index (κ1) is 17.3. The van der Waals surface area contributed by atoms with Crippen LogP contribution in [0, 0.1) is 12.3 Å². The summed E-state index contributed by atoms with van der Waals surface area (Å²) in [6.45, 7) is 10.7. The molecule has 0 bridgehead atoms. The van der Waals surface area contributed by atoms with E-state index >= 15 is 0 Å². The fourth-order valence-electron chi connectivity index (χ4n) is 4.18. The SMILES string of the molecule is Cc1nc(CN2CC(C)(O)C2)c2nc(C3CCC(C)(C)CC3)sc2n1. The molecule has 136 valence electrons. The molecule has 0 spiro atoms. The molecule has 0 radical (unpaired) electrons. The van der Waals surface area contributed by atoms with Gasteiger partial charge in [-0.15, -0.1) is 0 Å². The molecular formula is C19H28N4OS. The van der Waals surface area contributed by atoms with Crippen LogP contribution in [0.1, 0.15) is 68.9 Å². The molecule has 6 heteroatoms. The highest BCUT2D eigenvalue weighted by atomic mass is 32.1. The molecule has 1 aliphatic heterocycles. The topological polar surface area (TPSA) is 62.1 Å². The Morgan fingerprint density at radius 2 is 1.80 bits per heavy atom. The normalized spacial score (nSPS) is 23.7. The number of thiazole rings is 1. The van der Waals surface area contributed by atoms with Crippen molar-refractivity contribution in [3.05, 3.63) is 16.5 Å². The lowest BCUT2D eigenvalue weighted by atomic mass is 9.73. The van der Waals surface area contributed by atoms with Crippen LogP contribution in [0.3, 0.4) is 0 Å². The summed E-state index contributed by atoms with van der Waals surface area (Å²) in [5, 5.41) is 11.2. The van der Waals surface area contributed by atoms with Crippen LogP contribution in [0.2, 0.25) is 0 Å². The molecule has 1 N–H and O–H groups in total. The molecule has 4 rings (SSSR count). The third-order valence-corrected chi connectivity index (χ3v) is 6.76. The maximum absolute atomic E-state index is 9.96. The highest BCUT2D eigenvalue weighted by molar-refractivity contribution is 7.18. The van der Waals surface area contributed by atoms with E-state index in [1.807, 2.05) is 13.8 Å². The van der Waals surface area contributed by atoms with Gasteiger partial charge in [-0.1, -0.05) is 25.2 Å². The number of fused-ring (bicyclic) bond motifs is 1. The Labute approximate surface area is 153 Å². The minimum absolute atomic E-state index is 0.475. The molecule has 2 aromatic rings. The molecule has 25 heavy (non-hydrogen) atoms. The molecule has 0 unspecified atom stereocenters. The van der Waals surface area contributed by atoms with E-state index in [-0.39, 0.29) is 0 Å². The second-order valence-electron chi connectivity index (χ2n) is 9.00. The lowest BCUT2D eigenvalue weighted by Gasteiger charge is -2.44. The van der Waals surface area contributed by atoms with E-state index in [4.69, 9.17) is 4.98 Å². The van der Waals surface area contributed by atoms with Gasteiger partial charge in [0, 0.05) is 25.6 Å². The van der Waals surface area contributed by atoms with E-state index in [0.29, 0.717) is 24.4 Å². The van der Waals surface area contributed by atoms with E-state index in [1.165, 1.54) is 30.7 Å². The van der Waals surface area contributed by atoms with Crippen molar-refractivity contribution in [2.75, 3.05) is 13.1 Å². The molecule has 0 aromatic carbocycles. The van der Waals surface area contributed by atoms with Crippen molar-refractivity contribution in [2.45, 2.75) is 71.4 Å². The van der Waals surface area contributed by atoms with Crippen molar-refractivity contribution in [2.24, 2.45) is 5.41 Å². The number of nitrogens with zero attached hydrogens (tertiary/aromatic N) is 4. The van der Waals surface area contributed by atoms with Gasteiger partial charge in [0.1, 0.15) is 16.2 Å². The van der Waals surface area contributed by atoms with E-state index in [9.17, 15) is 5.11 Å². The summed E-state index contributed by atoms with van der Waals surface area (Å²) in [6, 6.07) is 0. The molecule has 1 saturated carbocycles. The lowest BCUT2D eigenvalue weighted by molar-refractivity contribution is -0.0874. The first-order valence-electron chi connectivity index (χ1n) is 9.30. The van der Waals surface area contributed by atoms with Gasteiger partial charge in [-0.05, 0) is 44.9 Å². The largest absolute Gasteiger partial charge is 0.388 e. The summed E-state index contributed by atoms with van der Waals surface area (Å²) in [5.41, 5.74) is 1.91. The van der Waals surface area contributed by atoms with Gasteiger partial charge in [0.05, 0.1) is 16.3 Å². The zero-order valence-electron chi connectivity index (χ0n) is 15.7. The van der Waals surface area contributed by atoms with Crippen LogP contribution in [0.15, 0.2) is 0 Å². The fourth-order valence-corrected chi connectivity index (χ4v) is 5.36. The first-order valence-corrected chi connectivity index (χ1v) is 10.1. The Morgan fingerprint density at radius 3 is 2.44 bits per heavy atom. The van der Waals surface area contributed by atoms with Crippen LogP contribution in [0.25, 0.3) is 10.3 Å². The molecule has 2 fully saturated rings. The summed E-state index contributed by atoms with van der Waals surface area (Å²) in [6.07, 6.45) is 5.00. The van der Waals surface area contributed by atoms with Gasteiger partial charge in [-0.2, -0.15) is 0 Å². The van der Waals surface area contributed by atoms with Crippen LogP contribution in [-0.4, -0.2) is 43.6 Å². The number of aromatic nitrogens is 3. The zero-order chi connectivity index (χ0) is 17.8. The zero-order valence-corrected chi connectivity index (χ0v) is 16.5. The third kappa shape index (κ3) is 3.57. The average Bonchev–Trinajstić information content (AvgIpc) is 2.89. The van der Waals surface area contributed by atoms with Crippen LogP contribution >= 0.6 is 11.3 Å². The molecule has 0 amide bonds. The molecular weight excluding hydrogens is 332 g/mol. The number of hydrogen-bond donors (Lipinski definition) is 1. The number of rotatable bonds is 3. The summed E-state index contributed by atoms with van der Waals surface area (Å²) in [5.74, 6) is 1.39. The predicted molar refractivity (Wildman–Crippen MR) is 101 cm³/mol. The quantitative estimate of drug-likeness (QED) is 0.905. The van der Waals surface area contributed by atoms with Crippen LogP contribution in [0.4, 0.5) is 0 Å². The van der Waals surface area contributed by atoms with E-state index in [1.54, 1.807) is 11.3 Å². The maximum Gasteiger partial charge on any atom is 0.147 e. The van der Waals surface area contributed by atoms with E-state index in [0.717, 1.165) is 28.4 Å². The monoisotopic (exact) mass is 360 g/mol. The fraction of sp³-hybridized carbons (Fsp3) is 0.737. The minimum atomic E-state index is -0.552. The van der Waals surface area contributed by atoms with Crippen molar-refractivity contribution < 1.29 is 5.11 Å². The summed E-state index contributed by atoms with van der Waals surface area (Å²) in [7, 11) is 0. The highest BCUT2D eigenvalue weighted by Crippen LogP contribution is 2.44. The lowest BCUT2D eigenvalue weighted by Crippen LogP contribution is -2.59. The molecule has 1 aliphatic carbocycles. The Bertz CT molecular complexity index is 780. The average molecular weight is 361 g/mol. The van der Waals surface area contributed by atoms with E-state index < -0.39 is 5.60 Å². The first-order chi connectivity index (χ1) is 11.7. The number of likely N-dealkylation sites (tertiary alicyclic amines) is 1. The summed E-state index contributed by atoms with van der Waals surface area (Å²) < 4.78 is 0. The maximum atomic E-state index is 9.96. The highest BCUT2D eigenvalue weighted by Gasteiger charge is 2.37. The van der Waals surface area contributed by atoms with Gasteiger partial charge < -0.3 is 5.11 Å². The Kier molecular flexibility index (Phi) is 4.13. The van der Waals surface area contributed by atoms with Crippen molar-refractivity contribution >= 4 is 21.7 Å². The molecule has 2 aliphatic rings. The summed E-state index contributed by atoms with van der Waals surface area (Å²) in [4.78, 5) is 17.5. The Balaban J connectivity index is 1.58. The van der Waals surface area contributed by atoms with Gasteiger partial charge in [-0.25, -0.2) is 15.0 Å². The molecule has 5 nitrogen and oxygen atoms in total. The second kappa shape index (κ2) is 5.96. The summed E-state index contributed by atoms with van der Waals surface area (Å²) >= 11 is 1.75. The minimum Gasteiger partial charge on any atom is -0.388 e. The van der Waals surface area contributed by atoms with E-state index in [2.05, 4.69) is 28.7 Å². The second-order valence-corrected chi connectivity index (χ2v) is 10.0. The van der Waals surface area contributed by atoms with Gasteiger partial charge in [-0.3, -0.25) is 4.90 Å². The molecule has 2 aromatic heterocycles. The van der Waals surface area contributed by atoms with Crippen molar-refractivity contribution in [3.8, 4) is 0 Å². The smallest absolute Gasteiger partial charge is 0.147 e.